The molecule has 0 aromatic heterocycles. The van der Waals surface area contributed by atoms with E-state index in [-0.39, 0.29) is 12.5 Å². The van der Waals surface area contributed by atoms with Crippen LogP contribution in [-0.2, 0) is 4.79 Å². The van der Waals surface area contributed by atoms with Crippen LogP contribution in [0.2, 0.25) is 0 Å². The van der Waals surface area contributed by atoms with E-state index < -0.39 is 30.5 Å². The van der Waals surface area contributed by atoms with Crippen LogP contribution in [0.3, 0.4) is 0 Å². The van der Waals surface area contributed by atoms with E-state index in [9.17, 15) is 23.1 Å². The van der Waals surface area contributed by atoms with E-state index >= 15 is 0 Å². The second kappa shape index (κ2) is 6.23. The van der Waals surface area contributed by atoms with E-state index in [2.05, 4.69) is 5.32 Å². The fourth-order valence-corrected chi connectivity index (χ4v) is 1.24. The molecule has 0 heterocycles. The molecule has 0 radical (unpaired) electrons. The minimum absolute atomic E-state index is 0.0291. The summed E-state index contributed by atoms with van der Waals surface area (Å²) in [5.41, 5.74) is -1.09. The summed E-state index contributed by atoms with van der Waals surface area (Å²) < 4.78 is 35.5. The van der Waals surface area contributed by atoms with Gasteiger partial charge in [-0.1, -0.05) is 20.3 Å². The number of hydrogen-bond acceptors (Lipinski definition) is 2. The van der Waals surface area contributed by atoms with Crippen molar-refractivity contribution >= 4 is 5.91 Å². The van der Waals surface area contributed by atoms with Gasteiger partial charge in [-0.2, -0.15) is 13.2 Å². The number of hydrogen-bond donors (Lipinski definition) is 2. The molecule has 0 fully saturated rings. The topological polar surface area (TPSA) is 49.3 Å². The van der Waals surface area contributed by atoms with Crippen LogP contribution in [-0.4, -0.2) is 29.3 Å². The lowest BCUT2D eigenvalue weighted by Gasteiger charge is -2.29. The van der Waals surface area contributed by atoms with Crippen molar-refractivity contribution < 1.29 is 23.1 Å². The summed E-state index contributed by atoms with van der Waals surface area (Å²) >= 11 is 0. The van der Waals surface area contributed by atoms with E-state index in [4.69, 9.17) is 0 Å². The van der Waals surface area contributed by atoms with Crippen LogP contribution in [0, 0.1) is 5.92 Å². The van der Waals surface area contributed by atoms with Crippen LogP contribution < -0.4 is 5.32 Å². The van der Waals surface area contributed by atoms with E-state index in [1.54, 1.807) is 6.92 Å². The molecular formula is C11H20F3NO2. The van der Waals surface area contributed by atoms with E-state index in [1.165, 1.54) is 0 Å². The van der Waals surface area contributed by atoms with Crippen LogP contribution in [0.25, 0.3) is 0 Å². The number of carbonyl (C=O) groups is 1. The molecule has 0 saturated carbocycles. The van der Waals surface area contributed by atoms with Gasteiger partial charge in [-0.25, -0.2) is 0 Å². The Morgan fingerprint density at radius 2 is 1.94 bits per heavy atom. The first-order valence-corrected chi connectivity index (χ1v) is 5.64. The van der Waals surface area contributed by atoms with Crippen LogP contribution in [0.5, 0.6) is 0 Å². The van der Waals surface area contributed by atoms with Crippen molar-refractivity contribution in [1.29, 1.82) is 0 Å². The van der Waals surface area contributed by atoms with Gasteiger partial charge in [-0.15, -0.1) is 0 Å². The summed E-state index contributed by atoms with van der Waals surface area (Å²) in [7, 11) is 0. The third kappa shape index (κ3) is 7.20. The predicted octanol–water partition coefficient (Wildman–Crippen LogP) is 2.24. The molecule has 0 spiro atoms. The minimum atomic E-state index is -4.32. The number of halogens is 3. The summed E-state index contributed by atoms with van der Waals surface area (Å²) in [6.07, 6.45) is -5.33. The molecule has 3 nitrogen and oxygen atoms in total. The Balaban J connectivity index is 4.00. The molecule has 0 aliphatic carbocycles. The zero-order valence-electron chi connectivity index (χ0n) is 10.4. The Morgan fingerprint density at radius 3 is 2.35 bits per heavy atom. The monoisotopic (exact) mass is 255 g/mol. The molecule has 0 bridgehead atoms. The first-order chi connectivity index (χ1) is 7.58. The molecule has 6 heteroatoms. The fourth-order valence-electron chi connectivity index (χ4n) is 1.24. The van der Waals surface area contributed by atoms with Crippen molar-refractivity contribution in [2.45, 2.75) is 51.8 Å². The van der Waals surface area contributed by atoms with Gasteiger partial charge in [0.2, 0.25) is 5.91 Å². The molecule has 0 saturated heterocycles. The summed E-state index contributed by atoms with van der Waals surface area (Å²) in [6, 6.07) is 0. The summed E-state index contributed by atoms with van der Waals surface area (Å²) in [4.78, 5) is 11.1. The minimum Gasteiger partial charge on any atom is -0.388 e. The number of amides is 1. The molecule has 102 valence electrons. The Kier molecular flexibility index (Phi) is 5.95. The van der Waals surface area contributed by atoms with E-state index in [1.807, 2.05) is 13.8 Å². The lowest BCUT2D eigenvalue weighted by atomic mass is 9.88. The Labute approximate surface area is 99.4 Å². The van der Waals surface area contributed by atoms with Crippen LogP contribution >= 0.6 is 0 Å². The summed E-state index contributed by atoms with van der Waals surface area (Å²) in [6.45, 7) is 5.25. The molecule has 2 atom stereocenters. The first-order valence-electron chi connectivity index (χ1n) is 5.64. The number of aliphatic hydroxyl groups is 1. The van der Waals surface area contributed by atoms with Crippen LogP contribution in [0.4, 0.5) is 13.2 Å². The number of alkyl halides is 3. The van der Waals surface area contributed by atoms with E-state index in [0.717, 1.165) is 6.42 Å². The largest absolute Gasteiger partial charge is 0.389 e. The standard InChI is InChI=1S/C11H20F3NO2/c1-4-8(2)10(3,17)7-15-9(16)5-6-11(12,13)14/h8,17H,4-7H2,1-3H3,(H,15,16). The second-order valence-electron chi connectivity index (χ2n) is 4.56. The molecule has 1 amide bonds. The Bertz CT molecular complexity index is 252. The van der Waals surface area contributed by atoms with Gasteiger partial charge >= 0.3 is 6.18 Å². The van der Waals surface area contributed by atoms with Gasteiger partial charge in [0.15, 0.2) is 0 Å². The summed E-state index contributed by atoms with van der Waals surface area (Å²) in [5, 5.41) is 12.2. The lowest BCUT2D eigenvalue weighted by molar-refractivity contribution is -0.144. The highest BCUT2D eigenvalue weighted by Crippen LogP contribution is 2.21. The lowest BCUT2D eigenvalue weighted by Crippen LogP contribution is -2.45. The molecule has 17 heavy (non-hydrogen) atoms. The fraction of sp³-hybridized carbons (Fsp3) is 0.909. The molecular weight excluding hydrogens is 235 g/mol. The van der Waals surface area contributed by atoms with Crippen molar-refractivity contribution in [3.05, 3.63) is 0 Å². The van der Waals surface area contributed by atoms with Gasteiger partial charge in [0, 0.05) is 13.0 Å². The molecule has 0 aromatic carbocycles. The van der Waals surface area contributed by atoms with Crippen molar-refractivity contribution in [2.75, 3.05) is 6.54 Å². The van der Waals surface area contributed by atoms with Gasteiger partial charge in [-0.05, 0) is 12.8 Å². The quantitative estimate of drug-likeness (QED) is 0.764. The molecule has 2 N–H and O–H groups in total. The van der Waals surface area contributed by atoms with Gasteiger partial charge in [0.1, 0.15) is 0 Å². The molecule has 0 aromatic rings. The number of carbonyl (C=O) groups excluding carboxylic acids is 1. The van der Waals surface area contributed by atoms with Crippen molar-refractivity contribution in [2.24, 2.45) is 5.92 Å². The third-order valence-corrected chi connectivity index (χ3v) is 2.95. The molecule has 0 rings (SSSR count). The molecule has 0 aliphatic rings. The highest BCUT2D eigenvalue weighted by Gasteiger charge is 2.30. The van der Waals surface area contributed by atoms with Gasteiger partial charge in [-0.3, -0.25) is 4.79 Å². The predicted molar refractivity (Wildman–Crippen MR) is 58.4 cm³/mol. The smallest absolute Gasteiger partial charge is 0.388 e. The van der Waals surface area contributed by atoms with Crippen LogP contribution in [0.15, 0.2) is 0 Å². The highest BCUT2D eigenvalue weighted by atomic mass is 19.4. The Hall–Kier alpha value is -0.780. The number of rotatable bonds is 6. The maximum atomic E-state index is 11.8. The average Bonchev–Trinajstić information content (AvgIpc) is 2.21. The van der Waals surface area contributed by atoms with Crippen molar-refractivity contribution in [1.82, 2.24) is 5.32 Å². The van der Waals surface area contributed by atoms with Gasteiger partial charge < -0.3 is 10.4 Å². The Morgan fingerprint density at radius 1 is 1.41 bits per heavy atom. The maximum absolute atomic E-state index is 11.8. The number of nitrogens with one attached hydrogen (secondary N) is 1. The third-order valence-electron chi connectivity index (χ3n) is 2.95. The zero-order chi connectivity index (χ0) is 13.7. The zero-order valence-corrected chi connectivity index (χ0v) is 10.4. The second-order valence-corrected chi connectivity index (χ2v) is 4.56. The highest BCUT2D eigenvalue weighted by molar-refractivity contribution is 5.75. The molecule has 2 unspecified atom stereocenters. The average molecular weight is 255 g/mol. The molecule has 0 aliphatic heterocycles. The van der Waals surface area contributed by atoms with E-state index in [0.29, 0.717) is 0 Å². The van der Waals surface area contributed by atoms with Crippen molar-refractivity contribution in [3.8, 4) is 0 Å². The normalized spacial score (nSPS) is 17.4. The first kappa shape index (κ1) is 16.2. The summed E-state index contributed by atoms with van der Waals surface area (Å²) in [5.74, 6) is -0.726. The van der Waals surface area contributed by atoms with Gasteiger partial charge in [0.05, 0.1) is 12.0 Å². The van der Waals surface area contributed by atoms with Gasteiger partial charge in [0.25, 0.3) is 0 Å². The van der Waals surface area contributed by atoms with Crippen molar-refractivity contribution in [3.63, 3.8) is 0 Å². The van der Waals surface area contributed by atoms with Crippen LogP contribution in [0.1, 0.15) is 40.0 Å². The SMILES string of the molecule is CCC(C)C(C)(O)CNC(=O)CCC(F)(F)F. The maximum Gasteiger partial charge on any atom is 0.389 e.